The Morgan fingerprint density at radius 2 is 2.23 bits per heavy atom. The van der Waals surface area contributed by atoms with Crippen molar-refractivity contribution in [2.24, 2.45) is 5.92 Å². The number of aromatic nitrogens is 4. The topological polar surface area (TPSA) is 85.0 Å². The molecule has 0 N–H and O–H groups in total. The molecule has 2 saturated carbocycles. The lowest BCUT2D eigenvalue weighted by atomic mass is 9.80. The van der Waals surface area contributed by atoms with Gasteiger partial charge in [-0.25, -0.2) is 9.97 Å². The summed E-state index contributed by atoms with van der Waals surface area (Å²) in [5.74, 6) is 2.42. The molecule has 0 spiro atoms. The Labute approximate surface area is 152 Å². The molecule has 3 heterocycles. The van der Waals surface area contributed by atoms with Crippen LogP contribution in [0.2, 0.25) is 0 Å². The summed E-state index contributed by atoms with van der Waals surface area (Å²) in [6, 6.07) is 0. The van der Waals surface area contributed by atoms with Crippen molar-refractivity contribution in [1.29, 1.82) is 0 Å². The highest BCUT2D eigenvalue weighted by Gasteiger charge is 2.55. The molecule has 136 valence electrons. The first kappa shape index (κ1) is 15.9. The van der Waals surface area contributed by atoms with Crippen LogP contribution in [0.1, 0.15) is 72.8 Å². The maximum absolute atomic E-state index is 13.1. The molecule has 2 aliphatic carbocycles. The van der Waals surface area contributed by atoms with Gasteiger partial charge in [0.2, 0.25) is 11.8 Å². The molecule has 0 aromatic carbocycles. The van der Waals surface area contributed by atoms with Crippen LogP contribution in [0.15, 0.2) is 16.9 Å². The minimum atomic E-state index is -0.169. The van der Waals surface area contributed by atoms with Gasteiger partial charge in [-0.1, -0.05) is 13.3 Å². The molecule has 5 rings (SSSR count). The smallest absolute Gasteiger partial charge is 0.257 e. The van der Waals surface area contributed by atoms with E-state index in [1.165, 1.54) is 6.33 Å². The number of hydrogen-bond donors (Lipinski definition) is 0. The fourth-order valence-corrected chi connectivity index (χ4v) is 4.71. The molecule has 0 bridgehead atoms. The number of rotatable bonds is 4. The van der Waals surface area contributed by atoms with Gasteiger partial charge in [0.25, 0.3) is 5.91 Å². The largest absolute Gasteiger partial charge is 0.424 e. The molecule has 26 heavy (non-hydrogen) atoms. The van der Waals surface area contributed by atoms with Crippen LogP contribution in [0, 0.1) is 5.92 Å². The van der Waals surface area contributed by atoms with Gasteiger partial charge in [-0.05, 0) is 38.0 Å². The first-order chi connectivity index (χ1) is 12.7. The van der Waals surface area contributed by atoms with Gasteiger partial charge < -0.3 is 9.32 Å². The molecule has 7 heteroatoms. The summed E-state index contributed by atoms with van der Waals surface area (Å²) in [4.78, 5) is 23.4. The number of carbonyl (C=O) groups is 1. The minimum Gasteiger partial charge on any atom is -0.424 e. The standard InChI is InChI=1S/C19H23N5O2/c1-2-15-14(8-20-11-21-15)17(25)24-9-13-4-3-7-19(13,10-24)18-23-22-16(26-18)12-5-6-12/h8,11-13H,2-7,9-10H2,1H3/t13-,19-/m0/s1. The first-order valence-corrected chi connectivity index (χ1v) is 9.63. The third-order valence-electron chi connectivity index (χ3n) is 6.31. The zero-order valence-electron chi connectivity index (χ0n) is 15.0. The van der Waals surface area contributed by atoms with Crippen molar-refractivity contribution in [1.82, 2.24) is 25.1 Å². The molecule has 2 aromatic heterocycles. The van der Waals surface area contributed by atoms with Crippen molar-refractivity contribution < 1.29 is 9.21 Å². The Kier molecular flexibility index (Phi) is 3.58. The summed E-state index contributed by atoms with van der Waals surface area (Å²) in [7, 11) is 0. The van der Waals surface area contributed by atoms with Crippen LogP contribution in [-0.4, -0.2) is 44.1 Å². The number of aryl methyl sites for hydroxylation is 1. The normalized spacial score (nSPS) is 27.7. The summed E-state index contributed by atoms with van der Waals surface area (Å²) >= 11 is 0. The van der Waals surface area contributed by atoms with Crippen molar-refractivity contribution >= 4 is 5.91 Å². The predicted octanol–water partition coefficient (Wildman–Crippen LogP) is 2.49. The van der Waals surface area contributed by atoms with Gasteiger partial charge in [-0.15, -0.1) is 10.2 Å². The number of amides is 1. The van der Waals surface area contributed by atoms with Crippen LogP contribution >= 0.6 is 0 Å². The van der Waals surface area contributed by atoms with Crippen molar-refractivity contribution in [3.63, 3.8) is 0 Å². The van der Waals surface area contributed by atoms with Gasteiger partial charge in [0.05, 0.1) is 16.7 Å². The molecular weight excluding hydrogens is 330 g/mol. The van der Waals surface area contributed by atoms with Crippen molar-refractivity contribution in [2.45, 2.75) is 56.8 Å². The van der Waals surface area contributed by atoms with Crippen LogP contribution in [0.25, 0.3) is 0 Å². The van der Waals surface area contributed by atoms with Gasteiger partial charge >= 0.3 is 0 Å². The molecule has 7 nitrogen and oxygen atoms in total. The van der Waals surface area contributed by atoms with E-state index < -0.39 is 0 Å². The third kappa shape index (κ3) is 2.36. The zero-order chi connectivity index (χ0) is 17.7. The van der Waals surface area contributed by atoms with Crippen molar-refractivity contribution in [3.05, 3.63) is 35.6 Å². The summed E-state index contributed by atoms with van der Waals surface area (Å²) in [6.45, 7) is 3.41. The lowest BCUT2D eigenvalue weighted by Gasteiger charge is -2.24. The maximum atomic E-state index is 13.1. The van der Waals surface area contributed by atoms with E-state index in [1.807, 2.05) is 11.8 Å². The third-order valence-corrected chi connectivity index (χ3v) is 6.31. The molecule has 1 saturated heterocycles. The predicted molar refractivity (Wildman–Crippen MR) is 92.6 cm³/mol. The second-order valence-electron chi connectivity index (χ2n) is 7.89. The van der Waals surface area contributed by atoms with Crippen LogP contribution in [0.4, 0.5) is 0 Å². The Bertz CT molecular complexity index is 846. The van der Waals surface area contributed by atoms with E-state index in [4.69, 9.17) is 4.42 Å². The van der Waals surface area contributed by atoms with Gasteiger partial charge in [-0.3, -0.25) is 4.79 Å². The molecular formula is C19H23N5O2. The summed E-state index contributed by atoms with van der Waals surface area (Å²) < 4.78 is 6.09. The Hall–Kier alpha value is -2.31. The number of fused-ring (bicyclic) bond motifs is 1. The summed E-state index contributed by atoms with van der Waals surface area (Å²) in [5, 5.41) is 8.71. The minimum absolute atomic E-state index is 0.0261. The van der Waals surface area contributed by atoms with Gasteiger partial charge in [0.1, 0.15) is 6.33 Å². The molecule has 0 radical (unpaired) electrons. The van der Waals surface area contributed by atoms with Crippen molar-refractivity contribution in [2.75, 3.05) is 13.1 Å². The maximum Gasteiger partial charge on any atom is 0.257 e. The Morgan fingerprint density at radius 1 is 1.35 bits per heavy atom. The highest BCUT2D eigenvalue weighted by Crippen LogP contribution is 2.51. The number of likely N-dealkylation sites (tertiary alicyclic amines) is 1. The highest BCUT2D eigenvalue weighted by molar-refractivity contribution is 5.95. The average Bonchev–Trinajstić information content (AvgIpc) is 3.09. The lowest BCUT2D eigenvalue weighted by Crippen LogP contribution is -2.35. The quantitative estimate of drug-likeness (QED) is 0.839. The van der Waals surface area contributed by atoms with E-state index in [0.29, 0.717) is 23.9 Å². The fraction of sp³-hybridized carbons (Fsp3) is 0.632. The summed E-state index contributed by atoms with van der Waals surface area (Å²) in [5.41, 5.74) is 1.26. The number of hydrogen-bond acceptors (Lipinski definition) is 6. The van der Waals surface area contributed by atoms with Gasteiger partial charge in [-0.2, -0.15) is 0 Å². The second-order valence-corrected chi connectivity index (χ2v) is 7.89. The lowest BCUT2D eigenvalue weighted by molar-refractivity contribution is 0.0773. The molecule has 0 unspecified atom stereocenters. The molecule has 3 fully saturated rings. The van der Waals surface area contributed by atoms with Gasteiger partial charge in [0, 0.05) is 25.2 Å². The van der Waals surface area contributed by atoms with E-state index in [2.05, 4.69) is 20.2 Å². The second kappa shape index (κ2) is 5.86. The van der Waals surface area contributed by atoms with E-state index in [1.54, 1.807) is 6.20 Å². The monoisotopic (exact) mass is 353 g/mol. The summed E-state index contributed by atoms with van der Waals surface area (Å²) in [6.07, 6.45) is 9.45. The zero-order valence-corrected chi connectivity index (χ0v) is 15.0. The Morgan fingerprint density at radius 3 is 3.04 bits per heavy atom. The Balaban J connectivity index is 1.44. The van der Waals surface area contributed by atoms with Crippen molar-refractivity contribution in [3.8, 4) is 0 Å². The molecule has 2 aromatic rings. The van der Waals surface area contributed by atoms with Crippen LogP contribution in [-0.2, 0) is 11.8 Å². The van der Waals surface area contributed by atoms with E-state index in [0.717, 1.165) is 62.5 Å². The van der Waals surface area contributed by atoms with Crippen LogP contribution < -0.4 is 0 Å². The fourth-order valence-electron chi connectivity index (χ4n) is 4.71. The molecule has 2 atom stereocenters. The number of carbonyl (C=O) groups excluding carboxylic acids is 1. The van der Waals surface area contributed by atoms with E-state index >= 15 is 0 Å². The molecule has 3 aliphatic rings. The van der Waals surface area contributed by atoms with Crippen LogP contribution in [0.5, 0.6) is 0 Å². The molecule has 1 amide bonds. The SMILES string of the molecule is CCc1ncncc1C(=O)N1C[C@@H]2CCC[C@]2(c2nnc(C3CC3)o2)C1. The van der Waals surface area contributed by atoms with E-state index in [-0.39, 0.29) is 11.3 Å². The van der Waals surface area contributed by atoms with Gasteiger partial charge in [0.15, 0.2) is 0 Å². The number of nitrogens with zero attached hydrogens (tertiary/aromatic N) is 5. The van der Waals surface area contributed by atoms with Crippen LogP contribution in [0.3, 0.4) is 0 Å². The highest BCUT2D eigenvalue weighted by atomic mass is 16.4. The first-order valence-electron chi connectivity index (χ1n) is 9.63. The van der Waals surface area contributed by atoms with E-state index in [9.17, 15) is 4.79 Å². The average molecular weight is 353 g/mol. The molecule has 1 aliphatic heterocycles.